The van der Waals surface area contributed by atoms with Gasteiger partial charge in [-0.15, -0.1) is 0 Å². The number of benzene rings is 2. The van der Waals surface area contributed by atoms with E-state index in [0.29, 0.717) is 10.0 Å². The Morgan fingerprint density at radius 2 is 2.00 bits per heavy atom. The van der Waals surface area contributed by atoms with Crippen LogP contribution in [0.1, 0.15) is 26.7 Å². The average molecular weight is 415 g/mol. The second-order valence-corrected chi connectivity index (χ2v) is 7.01. The van der Waals surface area contributed by atoms with Gasteiger partial charge in [-0.1, -0.05) is 24.3 Å². The molecule has 0 spiro atoms. The molecule has 6 nitrogen and oxygen atoms in total. The maximum Gasteiger partial charge on any atom is 0.339 e. The van der Waals surface area contributed by atoms with E-state index < -0.39 is 28.0 Å². The Kier molecular flexibility index (Phi) is 5.98. The van der Waals surface area contributed by atoms with Gasteiger partial charge < -0.3 is 19.5 Å². The summed E-state index contributed by atoms with van der Waals surface area (Å²) in [6, 6.07) is 9.55. The van der Waals surface area contributed by atoms with Gasteiger partial charge in [0.05, 0.1) is 4.47 Å². The molecule has 24 heavy (non-hydrogen) atoms. The van der Waals surface area contributed by atoms with Crippen molar-refractivity contribution in [3.63, 3.8) is 0 Å². The van der Waals surface area contributed by atoms with Crippen molar-refractivity contribution >= 4 is 33.0 Å². The van der Waals surface area contributed by atoms with Crippen LogP contribution in [0.4, 0.5) is 0 Å². The van der Waals surface area contributed by atoms with Crippen molar-refractivity contribution in [2.75, 3.05) is 6.61 Å². The summed E-state index contributed by atoms with van der Waals surface area (Å²) < 4.78 is 27.1. The lowest BCUT2D eigenvalue weighted by molar-refractivity contribution is 0.0693. The van der Waals surface area contributed by atoms with E-state index in [1.807, 2.05) is 19.1 Å². The van der Waals surface area contributed by atoms with Crippen molar-refractivity contribution in [2.45, 2.75) is 12.2 Å². The molecule has 0 fully saturated rings. The summed E-state index contributed by atoms with van der Waals surface area (Å²) in [5.74, 6) is -1.53. The third-order valence-electron chi connectivity index (χ3n) is 3.45. The van der Waals surface area contributed by atoms with Gasteiger partial charge in [0.25, 0.3) is 0 Å². The van der Waals surface area contributed by atoms with E-state index in [9.17, 15) is 18.7 Å². The predicted octanol–water partition coefficient (Wildman–Crippen LogP) is 3.50. The summed E-state index contributed by atoms with van der Waals surface area (Å²) in [6.45, 7) is 1.72. The molecule has 0 radical (unpaired) electrons. The molecule has 2 atom stereocenters. The highest BCUT2D eigenvalue weighted by Gasteiger charge is 2.22. The number of rotatable bonds is 6. The van der Waals surface area contributed by atoms with E-state index in [1.165, 1.54) is 6.07 Å². The summed E-state index contributed by atoms with van der Waals surface area (Å²) in [5.41, 5.74) is 1.27. The van der Waals surface area contributed by atoms with Crippen LogP contribution in [0.5, 0.6) is 11.5 Å². The number of carbonyl (C=O) groups is 1. The molecule has 0 aliphatic heterocycles. The Bertz CT molecular complexity index is 792. The predicted molar refractivity (Wildman–Crippen MR) is 93.0 cm³/mol. The molecule has 0 aliphatic rings. The molecule has 0 saturated heterocycles. The van der Waals surface area contributed by atoms with Crippen LogP contribution in [0.15, 0.2) is 40.9 Å². The third kappa shape index (κ3) is 4.14. The van der Waals surface area contributed by atoms with Crippen LogP contribution in [-0.4, -0.2) is 31.6 Å². The average Bonchev–Trinajstić information content (AvgIpc) is 2.51. The van der Waals surface area contributed by atoms with Gasteiger partial charge in [0, 0.05) is 6.07 Å². The Morgan fingerprint density at radius 1 is 1.33 bits per heavy atom. The molecule has 3 N–H and O–H groups in total. The number of aromatic carboxylic acids is 1. The maximum absolute atomic E-state index is 11.7. The third-order valence-corrected chi connectivity index (χ3v) is 4.95. The van der Waals surface area contributed by atoms with Crippen LogP contribution in [0.3, 0.4) is 0 Å². The molecule has 0 aromatic heterocycles. The van der Waals surface area contributed by atoms with Gasteiger partial charge >= 0.3 is 5.97 Å². The topological polar surface area (TPSA) is 104 Å². The number of carboxylic acids is 1. The number of carboxylic acid groups (broad SMARTS) is 1. The summed E-state index contributed by atoms with van der Waals surface area (Å²) in [5, 5.41) is 17.9. The number of aryl methyl sites for hydroxylation is 1. The zero-order valence-corrected chi connectivity index (χ0v) is 15.0. The SMILES string of the molecule is Cc1ccccc1C(COc1cc(O)c(C(=O)O)cc1Br)S(=O)O. The van der Waals surface area contributed by atoms with E-state index in [2.05, 4.69) is 15.9 Å². The van der Waals surface area contributed by atoms with Crippen molar-refractivity contribution in [3.8, 4) is 11.5 Å². The fourth-order valence-electron chi connectivity index (χ4n) is 2.19. The van der Waals surface area contributed by atoms with Gasteiger partial charge in [-0.2, -0.15) is 0 Å². The van der Waals surface area contributed by atoms with E-state index in [-0.39, 0.29) is 17.9 Å². The summed E-state index contributed by atoms with van der Waals surface area (Å²) in [4.78, 5) is 11.0. The molecule has 0 amide bonds. The first-order valence-corrected chi connectivity index (χ1v) is 8.81. The fraction of sp³-hybridized carbons (Fsp3) is 0.188. The first kappa shape index (κ1) is 18.4. The molecule has 128 valence electrons. The van der Waals surface area contributed by atoms with E-state index in [4.69, 9.17) is 9.84 Å². The molecular weight excluding hydrogens is 400 g/mol. The minimum atomic E-state index is -2.16. The smallest absolute Gasteiger partial charge is 0.339 e. The van der Waals surface area contributed by atoms with E-state index in [0.717, 1.165) is 11.6 Å². The Balaban J connectivity index is 2.25. The summed E-state index contributed by atoms with van der Waals surface area (Å²) >= 11 is 1.01. The van der Waals surface area contributed by atoms with Gasteiger partial charge in [0.15, 0.2) is 11.1 Å². The number of halogens is 1. The minimum absolute atomic E-state index is 0.113. The number of aromatic hydroxyl groups is 1. The van der Waals surface area contributed by atoms with Crippen molar-refractivity contribution in [2.24, 2.45) is 0 Å². The van der Waals surface area contributed by atoms with Gasteiger partial charge in [-0.3, -0.25) is 0 Å². The standard InChI is InChI=1S/C16H15BrO6S/c1-9-4-2-3-5-10(9)15(24(21)22)8-23-14-7-13(18)11(16(19)20)6-12(14)17/h2-7,15,18H,8H2,1H3,(H,19,20)(H,21,22). The second-order valence-electron chi connectivity index (χ2n) is 5.04. The molecule has 0 saturated carbocycles. The number of phenols is 1. The zero-order chi connectivity index (χ0) is 17.9. The molecule has 0 bridgehead atoms. The van der Waals surface area contributed by atoms with Crippen molar-refractivity contribution in [1.82, 2.24) is 0 Å². The summed E-state index contributed by atoms with van der Waals surface area (Å²) in [7, 11) is 0. The lowest BCUT2D eigenvalue weighted by atomic mass is 10.1. The highest BCUT2D eigenvalue weighted by molar-refractivity contribution is 9.10. The number of hydrogen-bond donors (Lipinski definition) is 3. The molecule has 2 aromatic carbocycles. The minimum Gasteiger partial charge on any atom is -0.507 e. The van der Waals surface area contributed by atoms with Crippen LogP contribution in [0, 0.1) is 6.92 Å². The maximum atomic E-state index is 11.7. The highest BCUT2D eigenvalue weighted by atomic mass is 79.9. The Labute approximate surface area is 149 Å². The highest BCUT2D eigenvalue weighted by Crippen LogP contribution is 2.33. The van der Waals surface area contributed by atoms with Crippen molar-refractivity contribution in [1.29, 1.82) is 0 Å². The molecule has 2 aromatic rings. The number of hydrogen-bond acceptors (Lipinski definition) is 4. The molecular formula is C16H15BrO6S. The van der Waals surface area contributed by atoms with Crippen LogP contribution in [0.2, 0.25) is 0 Å². The Morgan fingerprint density at radius 3 is 2.58 bits per heavy atom. The van der Waals surface area contributed by atoms with Crippen LogP contribution < -0.4 is 4.74 Å². The number of ether oxygens (including phenoxy) is 1. The quantitative estimate of drug-likeness (QED) is 0.624. The largest absolute Gasteiger partial charge is 0.507 e. The summed E-state index contributed by atoms with van der Waals surface area (Å²) in [6.07, 6.45) is 0. The normalized spacial score (nSPS) is 13.3. The first-order valence-electron chi connectivity index (χ1n) is 6.85. The van der Waals surface area contributed by atoms with E-state index >= 15 is 0 Å². The van der Waals surface area contributed by atoms with E-state index in [1.54, 1.807) is 12.1 Å². The van der Waals surface area contributed by atoms with Crippen molar-refractivity contribution in [3.05, 3.63) is 57.6 Å². The lowest BCUT2D eigenvalue weighted by Gasteiger charge is -2.17. The first-order chi connectivity index (χ1) is 11.3. The molecule has 0 aliphatic carbocycles. The zero-order valence-electron chi connectivity index (χ0n) is 12.6. The fourth-order valence-corrected chi connectivity index (χ4v) is 3.32. The van der Waals surface area contributed by atoms with Crippen LogP contribution >= 0.6 is 15.9 Å². The van der Waals surface area contributed by atoms with Crippen LogP contribution in [-0.2, 0) is 11.1 Å². The van der Waals surface area contributed by atoms with Crippen molar-refractivity contribution < 1.29 is 28.5 Å². The lowest BCUT2D eigenvalue weighted by Crippen LogP contribution is -2.16. The monoisotopic (exact) mass is 414 g/mol. The van der Waals surface area contributed by atoms with Gasteiger partial charge in [0.1, 0.15) is 28.9 Å². The van der Waals surface area contributed by atoms with Gasteiger partial charge in [-0.25, -0.2) is 9.00 Å². The van der Waals surface area contributed by atoms with Gasteiger partial charge in [0.2, 0.25) is 0 Å². The van der Waals surface area contributed by atoms with Gasteiger partial charge in [-0.05, 0) is 40.0 Å². The Hall–Kier alpha value is -1.90. The van der Waals surface area contributed by atoms with Crippen LogP contribution in [0.25, 0.3) is 0 Å². The molecule has 8 heteroatoms. The molecule has 2 rings (SSSR count). The second kappa shape index (κ2) is 7.78. The molecule has 2 unspecified atom stereocenters. The molecule has 0 heterocycles.